The molecule has 0 spiro atoms. The Kier molecular flexibility index (Phi) is 5.20. The molecule has 0 aliphatic rings. The summed E-state index contributed by atoms with van der Waals surface area (Å²) >= 11 is 7.71. The molecule has 1 amide bonds. The van der Waals surface area contributed by atoms with Gasteiger partial charge in [-0.15, -0.1) is 11.3 Å². The summed E-state index contributed by atoms with van der Waals surface area (Å²) in [7, 11) is 0. The highest BCUT2D eigenvalue weighted by Gasteiger charge is 2.18. The summed E-state index contributed by atoms with van der Waals surface area (Å²) in [4.78, 5) is 18.3. The van der Waals surface area contributed by atoms with Gasteiger partial charge in [-0.3, -0.25) is 9.48 Å². The average Bonchev–Trinajstić information content (AvgIpc) is 3.51. The third-order valence-electron chi connectivity index (χ3n) is 5.01. The van der Waals surface area contributed by atoms with Crippen molar-refractivity contribution in [2.75, 3.05) is 5.32 Å². The van der Waals surface area contributed by atoms with Crippen molar-refractivity contribution < 1.29 is 9.18 Å². The number of carbonyl (C=O) groups excluding carboxylic acids is 1. The average molecular weight is 467 g/mol. The van der Waals surface area contributed by atoms with E-state index in [1.54, 1.807) is 44.9 Å². The van der Waals surface area contributed by atoms with E-state index in [4.69, 9.17) is 11.6 Å². The van der Waals surface area contributed by atoms with Crippen LogP contribution in [-0.2, 0) is 6.54 Å². The number of amides is 1. The van der Waals surface area contributed by atoms with Crippen molar-refractivity contribution in [2.45, 2.75) is 13.5 Å². The summed E-state index contributed by atoms with van der Waals surface area (Å²) < 4.78 is 17.4. The Labute approximate surface area is 191 Å². The zero-order valence-electron chi connectivity index (χ0n) is 16.8. The van der Waals surface area contributed by atoms with E-state index in [0.29, 0.717) is 27.6 Å². The van der Waals surface area contributed by atoms with E-state index >= 15 is 0 Å². The fraction of sp³-hybridized carbons (Fsp3) is 0.0909. The third-order valence-corrected chi connectivity index (χ3v) is 6.26. The van der Waals surface area contributed by atoms with Crippen LogP contribution in [0.1, 0.15) is 21.6 Å². The Bertz CT molecular complexity index is 1420. The highest BCUT2D eigenvalue weighted by molar-refractivity contribution is 7.13. The first-order valence-corrected chi connectivity index (χ1v) is 10.9. The Morgan fingerprint density at radius 2 is 2.12 bits per heavy atom. The Balaban J connectivity index is 1.41. The van der Waals surface area contributed by atoms with Crippen molar-refractivity contribution in [2.24, 2.45) is 0 Å². The summed E-state index contributed by atoms with van der Waals surface area (Å²) in [6.07, 6.45) is 3.14. The quantitative estimate of drug-likeness (QED) is 0.393. The topological polar surface area (TPSA) is 77.1 Å². The van der Waals surface area contributed by atoms with Gasteiger partial charge < -0.3 is 5.32 Å². The van der Waals surface area contributed by atoms with E-state index in [-0.39, 0.29) is 12.5 Å². The molecule has 0 radical (unpaired) electrons. The molecule has 0 aliphatic heterocycles. The number of hydrogen-bond acceptors (Lipinski definition) is 5. The van der Waals surface area contributed by atoms with Gasteiger partial charge in [0.25, 0.3) is 5.91 Å². The summed E-state index contributed by atoms with van der Waals surface area (Å²) in [5.41, 5.74) is 2.71. The molecule has 0 saturated heterocycles. The Hall–Kier alpha value is -3.56. The van der Waals surface area contributed by atoms with Crippen LogP contribution in [0.25, 0.3) is 16.2 Å². The number of thiophene rings is 1. The molecular formula is C22H16ClFN6OS. The van der Waals surface area contributed by atoms with Crippen molar-refractivity contribution in [3.63, 3.8) is 0 Å². The van der Waals surface area contributed by atoms with Crippen LogP contribution in [0.15, 0.2) is 60.2 Å². The molecule has 7 nitrogen and oxygen atoms in total. The molecule has 0 saturated carbocycles. The lowest BCUT2D eigenvalue weighted by atomic mass is 10.2. The number of aryl methyl sites for hydroxylation is 1. The second-order valence-corrected chi connectivity index (χ2v) is 8.44. The van der Waals surface area contributed by atoms with E-state index in [0.717, 1.165) is 16.3 Å². The Morgan fingerprint density at radius 3 is 2.91 bits per heavy atom. The SMILES string of the molecule is Cc1cc(NC(=O)c2cnn3c(-c4cccs4)ccnc23)nn1Cc1c(F)cccc1Cl. The van der Waals surface area contributed by atoms with Gasteiger partial charge in [-0.2, -0.15) is 10.2 Å². The first-order valence-electron chi connectivity index (χ1n) is 9.66. The molecule has 0 atom stereocenters. The van der Waals surface area contributed by atoms with Gasteiger partial charge in [-0.05, 0) is 36.6 Å². The van der Waals surface area contributed by atoms with Crippen LogP contribution in [-0.4, -0.2) is 30.3 Å². The normalized spacial score (nSPS) is 11.2. The van der Waals surface area contributed by atoms with Gasteiger partial charge in [0, 0.05) is 28.5 Å². The lowest BCUT2D eigenvalue weighted by molar-refractivity contribution is 0.102. The number of halogens is 2. The van der Waals surface area contributed by atoms with Gasteiger partial charge in [0.15, 0.2) is 11.5 Å². The molecule has 32 heavy (non-hydrogen) atoms. The highest BCUT2D eigenvalue weighted by Crippen LogP contribution is 2.26. The van der Waals surface area contributed by atoms with Crippen molar-refractivity contribution in [3.05, 3.63) is 87.9 Å². The number of rotatable bonds is 5. The minimum Gasteiger partial charge on any atom is -0.305 e. The molecule has 0 bridgehead atoms. The number of anilines is 1. The molecule has 4 heterocycles. The Morgan fingerprint density at radius 1 is 1.25 bits per heavy atom. The molecule has 10 heteroatoms. The van der Waals surface area contributed by atoms with Crippen LogP contribution in [0.5, 0.6) is 0 Å². The largest absolute Gasteiger partial charge is 0.305 e. The number of nitrogens with zero attached hydrogens (tertiary/aromatic N) is 5. The monoisotopic (exact) mass is 466 g/mol. The highest BCUT2D eigenvalue weighted by atomic mass is 35.5. The van der Waals surface area contributed by atoms with E-state index in [9.17, 15) is 9.18 Å². The van der Waals surface area contributed by atoms with Gasteiger partial charge in [-0.1, -0.05) is 23.7 Å². The molecule has 0 fully saturated rings. The second-order valence-electron chi connectivity index (χ2n) is 7.08. The van der Waals surface area contributed by atoms with Crippen LogP contribution in [0, 0.1) is 12.7 Å². The van der Waals surface area contributed by atoms with Crippen LogP contribution in [0.2, 0.25) is 5.02 Å². The molecular weight excluding hydrogens is 451 g/mol. The standard InChI is InChI=1S/C22H16ClFN6OS/c1-13-10-20(28-29(13)12-15-16(23)4-2-5-17(15)24)27-22(31)14-11-26-30-18(7-8-25-21(14)30)19-6-3-9-32-19/h2-11H,12H2,1H3,(H,27,28,31). The van der Waals surface area contributed by atoms with E-state index in [1.807, 2.05) is 30.5 Å². The molecule has 0 unspecified atom stereocenters. The second kappa shape index (κ2) is 8.18. The molecule has 5 rings (SSSR count). The maximum absolute atomic E-state index is 14.1. The van der Waals surface area contributed by atoms with Crippen LogP contribution in [0.3, 0.4) is 0 Å². The lowest BCUT2D eigenvalue weighted by Crippen LogP contribution is -2.13. The van der Waals surface area contributed by atoms with Crippen molar-refractivity contribution in [1.29, 1.82) is 0 Å². The fourth-order valence-electron chi connectivity index (χ4n) is 3.41. The number of fused-ring (bicyclic) bond motifs is 1. The maximum atomic E-state index is 14.1. The summed E-state index contributed by atoms with van der Waals surface area (Å²) in [5, 5.41) is 13.8. The molecule has 160 valence electrons. The number of hydrogen-bond donors (Lipinski definition) is 1. The van der Waals surface area contributed by atoms with Crippen molar-refractivity contribution in [3.8, 4) is 10.6 Å². The maximum Gasteiger partial charge on any atom is 0.262 e. The molecule has 1 aromatic carbocycles. The smallest absolute Gasteiger partial charge is 0.262 e. The van der Waals surface area contributed by atoms with Gasteiger partial charge in [0.05, 0.1) is 23.3 Å². The number of nitrogens with one attached hydrogen (secondary N) is 1. The molecule has 0 aliphatic carbocycles. The van der Waals surface area contributed by atoms with Crippen LogP contribution in [0.4, 0.5) is 10.2 Å². The van der Waals surface area contributed by atoms with Crippen molar-refractivity contribution >= 4 is 40.3 Å². The zero-order valence-corrected chi connectivity index (χ0v) is 18.4. The van der Waals surface area contributed by atoms with Gasteiger partial charge in [-0.25, -0.2) is 13.9 Å². The minimum absolute atomic E-state index is 0.148. The predicted octanol–water partition coefficient (Wildman–Crippen LogP) is 5.06. The number of carbonyl (C=O) groups is 1. The van der Waals surface area contributed by atoms with Gasteiger partial charge in [0.1, 0.15) is 11.4 Å². The number of aromatic nitrogens is 5. The predicted molar refractivity (Wildman–Crippen MR) is 122 cm³/mol. The fourth-order valence-corrected chi connectivity index (χ4v) is 4.37. The van der Waals surface area contributed by atoms with Gasteiger partial charge >= 0.3 is 0 Å². The first kappa shape index (κ1) is 20.3. The minimum atomic E-state index is -0.406. The van der Waals surface area contributed by atoms with Gasteiger partial charge in [0.2, 0.25) is 0 Å². The third kappa shape index (κ3) is 3.65. The zero-order chi connectivity index (χ0) is 22.2. The number of benzene rings is 1. The first-order chi connectivity index (χ1) is 15.5. The van der Waals surface area contributed by atoms with Crippen LogP contribution < -0.4 is 5.32 Å². The molecule has 5 aromatic rings. The van der Waals surface area contributed by atoms with E-state index in [1.165, 1.54) is 12.3 Å². The lowest BCUT2D eigenvalue weighted by Gasteiger charge is -2.07. The van der Waals surface area contributed by atoms with E-state index < -0.39 is 5.82 Å². The summed E-state index contributed by atoms with van der Waals surface area (Å²) in [6, 6.07) is 12.0. The van der Waals surface area contributed by atoms with Crippen molar-refractivity contribution in [1.82, 2.24) is 24.4 Å². The molecule has 1 N–H and O–H groups in total. The van der Waals surface area contributed by atoms with Crippen LogP contribution >= 0.6 is 22.9 Å². The summed E-state index contributed by atoms with van der Waals surface area (Å²) in [5.74, 6) is -0.449. The molecule has 4 aromatic heterocycles. The summed E-state index contributed by atoms with van der Waals surface area (Å²) in [6.45, 7) is 1.97. The van der Waals surface area contributed by atoms with E-state index in [2.05, 4.69) is 20.5 Å².